The molecule has 0 bridgehead atoms. The first-order valence-corrected chi connectivity index (χ1v) is 5.29. The molecule has 1 aliphatic heterocycles. The summed E-state index contributed by atoms with van der Waals surface area (Å²) >= 11 is 1.84. The molecule has 11 heavy (non-hydrogen) atoms. The van der Waals surface area contributed by atoms with Crippen LogP contribution in [0.2, 0.25) is 0 Å². The predicted octanol–water partition coefficient (Wildman–Crippen LogP) is 1.87. The largest absolute Gasteiger partial charge is 0.362 e. The normalized spacial score (nSPS) is 17.2. The van der Waals surface area contributed by atoms with E-state index in [0.717, 1.165) is 17.5 Å². The Kier molecular flexibility index (Phi) is 3.77. The van der Waals surface area contributed by atoms with E-state index in [1.54, 1.807) is 0 Å². The minimum absolute atomic E-state index is 0.624. The molecule has 0 aliphatic carbocycles. The van der Waals surface area contributed by atoms with Crippen LogP contribution >= 0.6 is 11.8 Å². The smallest absolute Gasteiger partial charge is 0.156 e. The van der Waals surface area contributed by atoms with Crippen LogP contribution in [-0.2, 0) is 0 Å². The van der Waals surface area contributed by atoms with E-state index < -0.39 is 0 Å². The number of thioether (sulfide) groups is 1. The Morgan fingerprint density at radius 2 is 2.27 bits per heavy atom. The van der Waals surface area contributed by atoms with Gasteiger partial charge in [-0.3, -0.25) is 4.99 Å². The van der Waals surface area contributed by atoms with Gasteiger partial charge in [-0.05, 0) is 12.8 Å². The van der Waals surface area contributed by atoms with Crippen molar-refractivity contribution in [3.8, 4) is 0 Å². The molecule has 1 rings (SSSR count). The van der Waals surface area contributed by atoms with Crippen LogP contribution in [0.25, 0.3) is 0 Å². The monoisotopic (exact) mass is 172 g/mol. The summed E-state index contributed by atoms with van der Waals surface area (Å²) < 4.78 is 0. The predicted molar refractivity (Wildman–Crippen MR) is 52.3 cm³/mol. The summed E-state index contributed by atoms with van der Waals surface area (Å²) in [4.78, 5) is 4.34. The number of nitrogens with zero attached hydrogens (tertiary/aromatic N) is 1. The zero-order chi connectivity index (χ0) is 8.10. The maximum absolute atomic E-state index is 4.34. The summed E-state index contributed by atoms with van der Waals surface area (Å²) in [6, 6.07) is 0.624. The van der Waals surface area contributed by atoms with Gasteiger partial charge in [0, 0.05) is 11.8 Å². The summed E-state index contributed by atoms with van der Waals surface area (Å²) in [6.07, 6.45) is 2.38. The molecular formula is C8H16N2S. The van der Waals surface area contributed by atoms with E-state index in [4.69, 9.17) is 0 Å². The van der Waals surface area contributed by atoms with Gasteiger partial charge < -0.3 is 5.32 Å². The third-order valence-electron chi connectivity index (χ3n) is 1.90. The molecule has 0 atom stereocenters. The first kappa shape index (κ1) is 8.91. The highest BCUT2D eigenvalue weighted by atomic mass is 32.2. The quantitative estimate of drug-likeness (QED) is 0.703. The fraction of sp³-hybridized carbons (Fsp3) is 0.875. The Bertz CT molecular complexity index is 141. The fourth-order valence-electron chi connectivity index (χ4n) is 1.09. The van der Waals surface area contributed by atoms with E-state index >= 15 is 0 Å². The SMILES string of the molecule is CCC(CC)NC1=NCCS1. The van der Waals surface area contributed by atoms with Crippen LogP contribution in [0.4, 0.5) is 0 Å². The number of hydrogen-bond acceptors (Lipinski definition) is 3. The Morgan fingerprint density at radius 3 is 2.73 bits per heavy atom. The first-order valence-electron chi connectivity index (χ1n) is 4.30. The van der Waals surface area contributed by atoms with E-state index in [1.165, 1.54) is 12.8 Å². The Hall–Kier alpha value is -0.180. The van der Waals surface area contributed by atoms with Crippen LogP contribution in [0.3, 0.4) is 0 Å². The zero-order valence-corrected chi connectivity index (χ0v) is 8.08. The lowest BCUT2D eigenvalue weighted by Crippen LogP contribution is -2.31. The lowest BCUT2D eigenvalue weighted by atomic mass is 10.2. The molecule has 0 amide bonds. The molecular weight excluding hydrogens is 156 g/mol. The minimum Gasteiger partial charge on any atom is -0.362 e. The number of amidine groups is 1. The maximum Gasteiger partial charge on any atom is 0.156 e. The number of nitrogens with one attached hydrogen (secondary N) is 1. The molecule has 0 aromatic carbocycles. The van der Waals surface area contributed by atoms with Crippen LogP contribution in [0.15, 0.2) is 4.99 Å². The first-order chi connectivity index (χ1) is 5.36. The Labute approximate surface area is 72.9 Å². The van der Waals surface area contributed by atoms with Crippen molar-refractivity contribution in [3.63, 3.8) is 0 Å². The zero-order valence-electron chi connectivity index (χ0n) is 7.26. The number of hydrogen-bond donors (Lipinski definition) is 1. The van der Waals surface area contributed by atoms with Gasteiger partial charge in [0.25, 0.3) is 0 Å². The van der Waals surface area contributed by atoms with Gasteiger partial charge in [-0.1, -0.05) is 25.6 Å². The minimum atomic E-state index is 0.624. The van der Waals surface area contributed by atoms with E-state index in [-0.39, 0.29) is 0 Å². The standard InChI is InChI=1S/C8H16N2S/c1-3-7(4-2)10-8-9-5-6-11-8/h7H,3-6H2,1-2H3,(H,9,10). The van der Waals surface area contributed by atoms with E-state index in [2.05, 4.69) is 24.2 Å². The molecule has 1 heterocycles. The molecule has 1 N–H and O–H groups in total. The molecule has 3 heteroatoms. The average molecular weight is 172 g/mol. The third kappa shape index (κ3) is 2.73. The Morgan fingerprint density at radius 1 is 1.55 bits per heavy atom. The second-order valence-electron chi connectivity index (χ2n) is 2.69. The van der Waals surface area contributed by atoms with Crippen molar-refractivity contribution < 1.29 is 0 Å². The van der Waals surface area contributed by atoms with Crippen molar-refractivity contribution in [1.82, 2.24) is 5.32 Å². The molecule has 0 spiro atoms. The van der Waals surface area contributed by atoms with Crippen molar-refractivity contribution in [2.75, 3.05) is 12.3 Å². The highest BCUT2D eigenvalue weighted by Crippen LogP contribution is 2.10. The van der Waals surface area contributed by atoms with Gasteiger partial charge in [-0.25, -0.2) is 0 Å². The molecule has 0 aromatic rings. The average Bonchev–Trinajstić information content (AvgIpc) is 2.52. The van der Waals surface area contributed by atoms with E-state index in [9.17, 15) is 0 Å². The fourth-order valence-corrected chi connectivity index (χ4v) is 1.90. The summed E-state index contributed by atoms with van der Waals surface area (Å²) in [5.41, 5.74) is 0. The van der Waals surface area contributed by atoms with Crippen molar-refractivity contribution in [1.29, 1.82) is 0 Å². The van der Waals surface area contributed by atoms with Gasteiger partial charge in [0.2, 0.25) is 0 Å². The van der Waals surface area contributed by atoms with Gasteiger partial charge in [-0.15, -0.1) is 0 Å². The van der Waals surface area contributed by atoms with Crippen LogP contribution in [0.1, 0.15) is 26.7 Å². The Balaban J connectivity index is 2.27. The lowest BCUT2D eigenvalue weighted by molar-refractivity contribution is 0.573. The molecule has 1 aliphatic rings. The van der Waals surface area contributed by atoms with E-state index in [1.807, 2.05) is 11.8 Å². The number of rotatable bonds is 3. The molecule has 64 valence electrons. The molecule has 0 unspecified atom stereocenters. The topological polar surface area (TPSA) is 24.4 Å². The second kappa shape index (κ2) is 4.65. The molecule has 0 aromatic heterocycles. The van der Waals surface area contributed by atoms with Gasteiger partial charge in [0.1, 0.15) is 0 Å². The summed E-state index contributed by atoms with van der Waals surface area (Å²) in [5, 5.41) is 4.58. The van der Waals surface area contributed by atoms with Crippen molar-refractivity contribution in [2.45, 2.75) is 32.7 Å². The maximum atomic E-state index is 4.34. The van der Waals surface area contributed by atoms with Crippen LogP contribution < -0.4 is 5.32 Å². The molecule has 0 radical (unpaired) electrons. The molecule has 2 nitrogen and oxygen atoms in total. The van der Waals surface area contributed by atoms with E-state index in [0.29, 0.717) is 6.04 Å². The van der Waals surface area contributed by atoms with Gasteiger partial charge >= 0.3 is 0 Å². The molecule has 0 fully saturated rings. The summed E-state index contributed by atoms with van der Waals surface area (Å²) in [7, 11) is 0. The summed E-state index contributed by atoms with van der Waals surface area (Å²) in [5.74, 6) is 1.16. The molecule has 0 saturated carbocycles. The van der Waals surface area contributed by atoms with Gasteiger partial charge in [0.05, 0.1) is 6.54 Å². The highest BCUT2D eigenvalue weighted by molar-refractivity contribution is 8.14. The third-order valence-corrected chi connectivity index (χ3v) is 2.81. The van der Waals surface area contributed by atoms with Crippen molar-refractivity contribution >= 4 is 16.9 Å². The summed E-state index contributed by atoms with van der Waals surface area (Å²) in [6.45, 7) is 5.41. The second-order valence-corrected chi connectivity index (χ2v) is 3.78. The van der Waals surface area contributed by atoms with Crippen molar-refractivity contribution in [2.24, 2.45) is 4.99 Å². The number of aliphatic imine (C=N–C) groups is 1. The van der Waals surface area contributed by atoms with Crippen LogP contribution in [0.5, 0.6) is 0 Å². The lowest BCUT2D eigenvalue weighted by Gasteiger charge is -2.14. The van der Waals surface area contributed by atoms with Gasteiger partial charge in [-0.2, -0.15) is 0 Å². The highest BCUT2D eigenvalue weighted by Gasteiger charge is 2.09. The van der Waals surface area contributed by atoms with Crippen molar-refractivity contribution in [3.05, 3.63) is 0 Å². The van der Waals surface area contributed by atoms with Crippen LogP contribution in [-0.4, -0.2) is 23.5 Å². The van der Waals surface area contributed by atoms with Gasteiger partial charge in [0.15, 0.2) is 5.17 Å². The van der Waals surface area contributed by atoms with Crippen LogP contribution in [0, 0.1) is 0 Å². The molecule has 0 saturated heterocycles.